The van der Waals surface area contributed by atoms with Crippen LogP contribution in [0.5, 0.6) is 5.75 Å². The fourth-order valence-corrected chi connectivity index (χ4v) is 2.70. The summed E-state index contributed by atoms with van der Waals surface area (Å²) in [5, 5.41) is 9.30. The molecule has 2 rings (SSSR count). The Kier molecular flexibility index (Phi) is 5.01. The van der Waals surface area contributed by atoms with E-state index in [0.717, 1.165) is 30.7 Å². The molecule has 0 amide bonds. The van der Waals surface area contributed by atoms with Crippen LogP contribution < -0.4 is 4.74 Å². The van der Waals surface area contributed by atoms with Gasteiger partial charge in [-0.2, -0.15) is 0 Å². The first kappa shape index (κ1) is 14.9. The second kappa shape index (κ2) is 6.75. The molecule has 4 nitrogen and oxygen atoms in total. The zero-order valence-corrected chi connectivity index (χ0v) is 12.2. The lowest BCUT2D eigenvalue weighted by atomic mass is 9.92. The van der Waals surface area contributed by atoms with Crippen LogP contribution in [0.4, 0.5) is 0 Å². The van der Waals surface area contributed by atoms with Gasteiger partial charge in [0.15, 0.2) is 0 Å². The van der Waals surface area contributed by atoms with E-state index in [4.69, 9.17) is 4.74 Å². The number of piperidine rings is 1. The molecule has 1 aromatic rings. The van der Waals surface area contributed by atoms with Crippen molar-refractivity contribution in [2.45, 2.75) is 32.7 Å². The van der Waals surface area contributed by atoms with Crippen LogP contribution in [0.15, 0.2) is 24.3 Å². The van der Waals surface area contributed by atoms with Crippen molar-refractivity contribution in [3.8, 4) is 5.75 Å². The van der Waals surface area contributed by atoms with Crippen molar-refractivity contribution >= 4 is 5.97 Å². The van der Waals surface area contributed by atoms with Gasteiger partial charge in [-0.05, 0) is 49.9 Å². The van der Waals surface area contributed by atoms with E-state index in [1.165, 1.54) is 0 Å². The van der Waals surface area contributed by atoms with Crippen LogP contribution >= 0.6 is 0 Å². The molecule has 0 aromatic heterocycles. The summed E-state index contributed by atoms with van der Waals surface area (Å²) in [5.41, 5.74) is 1.16. The summed E-state index contributed by atoms with van der Waals surface area (Å²) in [6, 6.07) is 7.55. The highest BCUT2D eigenvalue weighted by molar-refractivity contribution is 5.73. The Balaban J connectivity index is 1.84. The molecule has 1 aromatic carbocycles. The van der Waals surface area contributed by atoms with Crippen LogP contribution in [-0.4, -0.2) is 41.7 Å². The summed E-state index contributed by atoms with van der Waals surface area (Å²) in [6.45, 7) is 6.18. The van der Waals surface area contributed by atoms with Gasteiger partial charge in [0.1, 0.15) is 18.4 Å². The monoisotopic (exact) mass is 277 g/mol. The summed E-state index contributed by atoms with van der Waals surface area (Å²) in [4.78, 5) is 13.3. The highest BCUT2D eigenvalue weighted by Crippen LogP contribution is 2.22. The van der Waals surface area contributed by atoms with Crippen molar-refractivity contribution in [2.75, 3.05) is 19.7 Å². The quantitative estimate of drug-likeness (QED) is 0.898. The summed E-state index contributed by atoms with van der Waals surface area (Å²) in [5.74, 6) is 0.624. The van der Waals surface area contributed by atoms with Gasteiger partial charge in [0.25, 0.3) is 0 Å². The molecule has 1 saturated heterocycles. The average molecular weight is 277 g/mol. The largest absolute Gasteiger partial charge is 0.492 e. The maximum atomic E-state index is 11.3. The Hall–Kier alpha value is -1.55. The third-order valence-corrected chi connectivity index (χ3v) is 3.90. The minimum atomic E-state index is -0.716. The van der Waals surface area contributed by atoms with Crippen LogP contribution in [0, 0.1) is 12.8 Å². The van der Waals surface area contributed by atoms with E-state index in [1.54, 1.807) is 0 Å². The molecule has 20 heavy (non-hydrogen) atoms. The number of likely N-dealkylation sites (tertiary alicyclic amines) is 1. The Labute approximate surface area is 120 Å². The Morgan fingerprint density at radius 3 is 3.00 bits per heavy atom. The number of carboxylic acids is 1. The van der Waals surface area contributed by atoms with Crippen molar-refractivity contribution < 1.29 is 14.6 Å². The number of hydrogen-bond acceptors (Lipinski definition) is 3. The molecule has 0 bridgehead atoms. The molecule has 1 fully saturated rings. The molecule has 1 heterocycles. The Morgan fingerprint density at radius 2 is 2.30 bits per heavy atom. The normalized spacial score (nSPS) is 23.5. The summed E-state index contributed by atoms with van der Waals surface area (Å²) in [6.07, 6.45) is 1.80. The number of rotatable bonds is 5. The van der Waals surface area contributed by atoms with E-state index >= 15 is 0 Å². The SMILES string of the molecule is Cc1cccc(OCCN2CCC(C)CC2C(=O)O)c1. The minimum absolute atomic E-state index is 0.361. The molecule has 0 saturated carbocycles. The zero-order valence-electron chi connectivity index (χ0n) is 12.2. The number of hydrogen-bond donors (Lipinski definition) is 1. The third kappa shape index (κ3) is 3.97. The van der Waals surface area contributed by atoms with E-state index in [0.29, 0.717) is 19.1 Å². The van der Waals surface area contributed by atoms with Gasteiger partial charge in [-0.1, -0.05) is 19.1 Å². The van der Waals surface area contributed by atoms with Crippen LogP contribution in [0.2, 0.25) is 0 Å². The molecule has 110 valence electrons. The maximum absolute atomic E-state index is 11.3. The van der Waals surface area contributed by atoms with Gasteiger partial charge in [0, 0.05) is 6.54 Å². The first-order valence-corrected chi connectivity index (χ1v) is 7.22. The predicted molar refractivity (Wildman–Crippen MR) is 78.1 cm³/mol. The van der Waals surface area contributed by atoms with Crippen LogP contribution in [0.1, 0.15) is 25.3 Å². The van der Waals surface area contributed by atoms with Gasteiger partial charge in [0.05, 0.1) is 0 Å². The molecule has 4 heteroatoms. The molecule has 2 atom stereocenters. The number of carbonyl (C=O) groups is 1. The topological polar surface area (TPSA) is 49.8 Å². The molecule has 2 unspecified atom stereocenters. The van der Waals surface area contributed by atoms with E-state index in [2.05, 4.69) is 6.92 Å². The zero-order chi connectivity index (χ0) is 14.5. The van der Waals surface area contributed by atoms with Crippen molar-refractivity contribution in [2.24, 2.45) is 5.92 Å². The molecule has 1 aliphatic rings. The van der Waals surface area contributed by atoms with Crippen molar-refractivity contribution in [1.82, 2.24) is 4.90 Å². The van der Waals surface area contributed by atoms with Crippen LogP contribution in [-0.2, 0) is 4.79 Å². The van der Waals surface area contributed by atoms with E-state index in [9.17, 15) is 9.90 Å². The average Bonchev–Trinajstić information content (AvgIpc) is 2.40. The van der Waals surface area contributed by atoms with E-state index in [1.807, 2.05) is 36.1 Å². The predicted octanol–water partition coefficient (Wildman–Crippen LogP) is 2.56. The molecule has 1 N–H and O–H groups in total. The smallest absolute Gasteiger partial charge is 0.320 e. The molecule has 0 aliphatic carbocycles. The van der Waals surface area contributed by atoms with E-state index < -0.39 is 5.97 Å². The first-order chi connectivity index (χ1) is 9.56. The number of ether oxygens (including phenoxy) is 1. The molecule has 0 radical (unpaired) electrons. The summed E-state index contributed by atoms with van der Waals surface area (Å²) < 4.78 is 5.71. The fourth-order valence-electron chi connectivity index (χ4n) is 2.70. The van der Waals surface area contributed by atoms with Crippen LogP contribution in [0.25, 0.3) is 0 Å². The number of benzene rings is 1. The highest BCUT2D eigenvalue weighted by atomic mass is 16.5. The summed E-state index contributed by atoms with van der Waals surface area (Å²) >= 11 is 0. The number of aryl methyl sites for hydroxylation is 1. The fraction of sp³-hybridized carbons (Fsp3) is 0.562. The molecular weight excluding hydrogens is 254 g/mol. The second-order valence-corrected chi connectivity index (χ2v) is 5.68. The van der Waals surface area contributed by atoms with Gasteiger partial charge in [0.2, 0.25) is 0 Å². The third-order valence-electron chi connectivity index (χ3n) is 3.90. The van der Waals surface area contributed by atoms with Gasteiger partial charge in [-0.25, -0.2) is 0 Å². The van der Waals surface area contributed by atoms with Crippen molar-refractivity contribution in [3.05, 3.63) is 29.8 Å². The lowest BCUT2D eigenvalue weighted by Gasteiger charge is -2.35. The number of nitrogens with zero attached hydrogens (tertiary/aromatic N) is 1. The van der Waals surface area contributed by atoms with Crippen molar-refractivity contribution in [1.29, 1.82) is 0 Å². The minimum Gasteiger partial charge on any atom is -0.492 e. The standard InChI is InChI=1S/C16H23NO3/c1-12-4-3-5-14(10-12)20-9-8-17-7-6-13(2)11-15(17)16(18)19/h3-5,10,13,15H,6-9,11H2,1-2H3,(H,18,19). The number of aliphatic carboxylic acids is 1. The maximum Gasteiger partial charge on any atom is 0.320 e. The van der Waals surface area contributed by atoms with E-state index in [-0.39, 0.29) is 6.04 Å². The first-order valence-electron chi connectivity index (χ1n) is 7.22. The lowest BCUT2D eigenvalue weighted by molar-refractivity contribution is -0.145. The summed E-state index contributed by atoms with van der Waals surface area (Å²) in [7, 11) is 0. The molecular formula is C16H23NO3. The van der Waals surface area contributed by atoms with Gasteiger partial charge in [-0.3, -0.25) is 9.69 Å². The molecule has 0 spiro atoms. The van der Waals surface area contributed by atoms with Crippen LogP contribution in [0.3, 0.4) is 0 Å². The number of carboxylic acid groups (broad SMARTS) is 1. The van der Waals surface area contributed by atoms with Gasteiger partial charge < -0.3 is 9.84 Å². The highest BCUT2D eigenvalue weighted by Gasteiger charge is 2.31. The Morgan fingerprint density at radius 1 is 1.50 bits per heavy atom. The van der Waals surface area contributed by atoms with Crippen molar-refractivity contribution in [3.63, 3.8) is 0 Å². The lowest BCUT2D eigenvalue weighted by Crippen LogP contribution is -2.48. The Bertz CT molecular complexity index is 461. The second-order valence-electron chi connectivity index (χ2n) is 5.68. The van der Waals surface area contributed by atoms with Gasteiger partial charge in [-0.15, -0.1) is 0 Å². The molecule has 1 aliphatic heterocycles. The van der Waals surface area contributed by atoms with Gasteiger partial charge >= 0.3 is 5.97 Å².